The molecule has 1 aliphatic heterocycles. The smallest absolute Gasteiger partial charge is 0.240 e. The van der Waals surface area contributed by atoms with E-state index < -0.39 is 10.0 Å². The molecule has 0 radical (unpaired) electrons. The van der Waals surface area contributed by atoms with Crippen LogP contribution in [0.3, 0.4) is 0 Å². The van der Waals surface area contributed by atoms with Crippen LogP contribution in [0.2, 0.25) is 0 Å². The third-order valence-electron chi connectivity index (χ3n) is 3.06. The van der Waals surface area contributed by atoms with E-state index in [1.807, 2.05) is 6.92 Å². The average molecular weight is 270 g/mol. The highest BCUT2D eigenvalue weighted by Gasteiger charge is 2.22. The summed E-state index contributed by atoms with van der Waals surface area (Å²) in [5.41, 5.74) is 0.810. The zero-order valence-corrected chi connectivity index (χ0v) is 11.4. The fourth-order valence-electron chi connectivity index (χ4n) is 2.06. The molecule has 0 aliphatic carbocycles. The van der Waals surface area contributed by atoms with Crippen molar-refractivity contribution >= 4 is 10.0 Å². The quantitative estimate of drug-likeness (QED) is 0.843. The summed E-state index contributed by atoms with van der Waals surface area (Å²) in [5, 5.41) is 3.13. The van der Waals surface area contributed by atoms with Crippen LogP contribution < -0.4 is 14.8 Å². The molecule has 0 bridgehead atoms. The molecule has 0 unspecified atom stereocenters. The van der Waals surface area contributed by atoms with Crippen molar-refractivity contribution in [1.29, 1.82) is 0 Å². The van der Waals surface area contributed by atoms with Crippen molar-refractivity contribution in [2.75, 3.05) is 20.2 Å². The number of benzene rings is 1. The van der Waals surface area contributed by atoms with E-state index in [4.69, 9.17) is 4.74 Å². The van der Waals surface area contributed by atoms with Gasteiger partial charge in [-0.3, -0.25) is 0 Å². The number of hydrogen-bond donors (Lipinski definition) is 2. The molecule has 1 fully saturated rings. The van der Waals surface area contributed by atoms with Crippen LogP contribution in [0.15, 0.2) is 23.1 Å². The molecular weight excluding hydrogens is 252 g/mol. The van der Waals surface area contributed by atoms with Gasteiger partial charge in [0.2, 0.25) is 10.0 Å². The summed E-state index contributed by atoms with van der Waals surface area (Å²) in [6, 6.07) is 4.86. The largest absolute Gasteiger partial charge is 0.496 e. The van der Waals surface area contributed by atoms with Gasteiger partial charge in [0.1, 0.15) is 5.75 Å². The summed E-state index contributed by atoms with van der Waals surface area (Å²) in [4.78, 5) is 0.285. The second-order valence-corrected chi connectivity index (χ2v) is 6.16. The van der Waals surface area contributed by atoms with Gasteiger partial charge in [0, 0.05) is 12.6 Å². The van der Waals surface area contributed by atoms with Crippen LogP contribution in [0, 0.1) is 6.92 Å². The minimum Gasteiger partial charge on any atom is -0.496 e. The van der Waals surface area contributed by atoms with Gasteiger partial charge in [0.15, 0.2) is 0 Å². The molecule has 1 aromatic carbocycles. The molecule has 1 atom stereocenters. The molecule has 2 N–H and O–H groups in total. The highest BCUT2D eigenvalue weighted by Crippen LogP contribution is 2.21. The number of nitrogens with one attached hydrogen (secondary N) is 2. The van der Waals surface area contributed by atoms with Crippen LogP contribution >= 0.6 is 0 Å². The number of rotatable bonds is 4. The van der Waals surface area contributed by atoms with Gasteiger partial charge in [-0.2, -0.15) is 0 Å². The van der Waals surface area contributed by atoms with Crippen molar-refractivity contribution in [2.24, 2.45) is 0 Å². The van der Waals surface area contributed by atoms with Gasteiger partial charge >= 0.3 is 0 Å². The first kappa shape index (κ1) is 13.3. The zero-order valence-electron chi connectivity index (χ0n) is 10.6. The van der Waals surface area contributed by atoms with Crippen LogP contribution in [0.5, 0.6) is 5.75 Å². The Balaban J connectivity index is 2.21. The lowest BCUT2D eigenvalue weighted by atomic mass is 10.2. The van der Waals surface area contributed by atoms with E-state index in [1.54, 1.807) is 25.3 Å². The fourth-order valence-corrected chi connectivity index (χ4v) is 3.42. The predicted molar refractivity (Wildman–Crippen MR) is 69.3 cm³/mol. The fraction of sp³-hybridized carbons (Fsp3) is 0.500. The lowest BCUT2D eigenvalue weighted by Gasteiger charge is -2.13. The number of ether oxygens (including phenoxy) is 1. The van der Waals surface area contributed by atoms with Crippen molar-refractivity contribution in [3.8, 4) is 5.75 Å². The van der Waals surface area contributed by atoms with Crippen LogP contribution in [-0.2, 0) is 10.0 Å². The number of hydrogen-bond acceptors (Lipinski definition) is 4. The van der Waals surface area contributed by atoms with Gasteiger partial charge in [-0.15, -0.1) is 0 Å². The Bertz CT molecular complexity index is 522. The Morgan fingerprint density at radius 1 is 1.44 bits per heavy atom. The van der Waals surface area contributed by atoms with E-state index in [0.29, 0.717) is 12.3 Å². The maximum absolute atomic E-state index is 12.2. The molecule has 0 aromatic heterocycles. The van der Waals surface area contributed by atoms with Crippen molar-refractivity contribution < 1.29 is 13.2 Å². The number of methoxy groups -OCH3 is 1. The molecule has 1 aliphatic rings. The maximum atomic E-state index is 12.2. The second-order valence-electron chi connectivity index (χ2n) is 4.44. The lowest BCUT2D eigenvalue weighted by Crippen LogP contribution is -2.36. The summed E-state index contributed by atoms with van der Waals surface area (Å²) >= 11 is 0. The SMILES string of the molecule is COc1ccc(S(=O)(=O)N[C@@H]2CCNC2)cc1C. The predicted octanol–water partition coefficient (Wildman–Crippen LogP) is 0.644. The maximum Gasteiger partial charge on any atom is 0.240 e. The summed E-state index contributed by atoms with van der Waals surface area (Å²) in [6.45, 7) is 3.37. The van der Waals surface area contributed by atoms with Gasteiger partial charge in [-0.05, 0) is 43.7 Å². The van der Waals surface area contributed by atoms with Crippen molar-refractivity contribution in [3.63, 3.8) is 0 Å². The molecule has 1 saturated heterocycles. The number of aryl methyl sites for hydroxylation is 1. The molecule has 0 amide bonds. The molecule has 0 spiro atoms. The topological polar surface area (TPSA) is 67.4 Å². The summed E-state index contributed by atoms with van der Waals surface area (Å²) in [6.07, 6.45) is 0.828. The molecule has 1 heterocycles. The summed E-state index contributed by atoms with van der Waals surface area (Å²) in [7, 11) is -1.87. The van der Waals surface area contributed by atoms with Gasteiger partial charge < -0.3 is 10.1 Å². The Hall–Kier alpha value is -1.11. The molecule has 5 nitrogen and oxygen atoms in total. The molecule has 0 saturated carbocycles. The highest BCUT2D eigenvalue weighted by atomic mass is 32.2. The normalized spacial score (nSPS) is 20.0. The van der Waals surface area contributed by atoms with E-state index in [2.05, 4.69) is 10.0 Å². The zero-order chi connectivity index (χ0) is 13.2. The van der Waals surface area contributed by atoms with Crippen LogP contribution in [0.4, 0.5) is 0 Å². The van der Waals surface area contributed by atoms with E-state index in [0.717, 1.165) is 18.5 Å². The standard InChI is InChI=1S/C12H18N2O3S/c1-9-7-11(3-4-12(9)17-2)18(15,16)14-10-5-6-13-8-10/h3-4,7,10,13-14H,5-6,8H2,1-2H3/t10-/m1/s1. The third-order valence-corrected chi connectivity index (χ3v) is 4.58. The van der Waals surface area contributed by atoms with E-state index in [9.17, 15) is 8.42 Å². The van der Waals surface area contributed by atoms with E-state index in [-0.39, 0.29) is 10.9 Å². The molecule has 100 valence electrons. The summed E-state index contributed by atoms with van der Waals surface area (Å²) in [5.74, 6) is 0.691. The van der Waals surface area contributed by atoms with Gasteiger partial charge in [0.25, 0.3) is 0 Å². The van der Waals surface area contributed by atoms with Crippen LogP contribution in [-0.4, -0.2) is 34.7 Å². The van der Waals surface area contributed by atoms with Gasteiger partial charge in [0.05, 0.1) is 12.0 Å². The molecule has 2 rings (SSSR count). The van der Waals surface area contributed by atoms with Crippen molar-refractivity contribution in [1.82, 2.24) is 10.0 Å². The molecule has 1 aromatic rings. The second kappa shape index (κ2) is 5.26. The Labute approximate surface area is 108 Å². The van der Waals surface area contributed by atoms with Crippen molar-refractivity contribution in [2.45, 2.75) is 24.3 Å². The molecular formula is C12H18N2O3S. The Kier molecular flexibility index (Phi) is 3.89. The molecule has 18 heavy (non-hydrogen) atoms. The van der Waals surface area contributed by atoms with Gasteiger partial charge in [-0.25, -0.2) is 13.1 Å². The van der Waals surface area contributed by atoms with E-state index in [1.165, 1.54) is 0 Å². The minimum atomic E-state index is -3.44. The Morgan fingerprint density at radius 2 is 2.22 bits per heavy atom. The van der Waals surface area contributed by atoms with E-state index >= 15 is 0 Å². The van der Waals surface area contributed by atoms with Crippen LogP contribution in [0.25, 0.3) is 0 Å². The number of sulfonamides is 1. The summed E-state index contributed by atoms with van der Waals surface area (Å²) < 4.78 is 32.1. The molecule has 6 heteroatoms. The third kappa shape index (κ3) is 2.82. The van der Waals surface area contributed by atoms with Crippen LogP contribution in [0.1, 0.15) is 12.0 Å². The first-order chi connectivity index (χ1) is 8.53. The average Bonchev–Trinajstić information content (AvgIpc) is 2.81. The Morgan fingerprint density at radius 3 is 2.78 bits per heavy atom. The van der Waals surface area contributed by atoms with Crippen molar-refractivity contribution in [3.05, 3.63) is 23.8 Å². The highest BCUT2D eigenvalue weighted by molar-refractivity contribution is 7.89. The minimum absolute atomic E-state index is 0.0163. The first-order valence-corrected chi connectivity index (χ1v) is 7.39. The lowest BCUT2D eigenvalue weighted by molar-refractivity contribution is 0.411. The first-order valence-electron chi connectivity index (χ1n) is 5.90. The van der Waals surface area contributed by atoms with Gasteiger partial charge in [-0.1, -0.05) is 0 Å². The monoisotopic (exact) mass is 270 g/mol.